The van der Waals surface area contributed by atoms with Crippen molar-refractivity contribution in [3.8, 4) is 0 Å². The normalized spacial score (nSPS) is 12.4. The molecule has 0 aromatic heterocycles. The fourth-order valence-corrected chi connectivity index (χ4v) is 1.85. The summed E-state index contributed by atoms with van der Waals surface area (Å²) in [5.74, 6) is -0.905. The van der Waals surface area contributed by atoms with Crippen molar-refractivity contribution in [3.05, 3.63) is 0 Å². The first kappa shape index (κ1) is 31.6. The second kappa shape index (κ2) is 18.0. The molecule has 1 atom stereocenters. The summed E-state index contributed by atoms with van der Waals surface area (Å²) in [6, 6.07) is 0. The minimum atomic E-state index is -1.40. The molecule has 0 saturated heterocycles. The summed E-state index contributed by atoms with van der Waals surface area (Å²) < 4.78 is 9.33. The molecule has 0 radical (unpaired) electrons. The Morgan fingerprint density at radius 3 is 2.03 bits per heavy atom. The zero-order valence-corrected chi connectivity index (χ0v) is 20.4. The number of ether oxygens (including phenoxy) is 2. The number of carbonyl (C=O) groups is 2. The second-order valence-electron chi connectivity index (χ2n) is 8.35. The molecule has 0 aliphatic heterocycles. The summed E-state index contributed by atoms with van der Waals surface area (Å²) in [6.07, 6.45) is 3.94. The van der Waals surface area contributed by atoms with Gasteiger partial charge in [0.2, 0.25) is 5.79 Å². The standard InChI is InChI=1S/C13H26O5.C8H16O5/c1-4-7-9-12(6-3)11-15-13(14)17-18-16-10-8-5-2;1-7(2,3)12-13-8(4,5)11-6(9)10/h12H,4-11H2,1-3H3;1-5H3,(H,9,10). The number of carbonyl (C=O) groups excluding carboxylic acids is 1. The molecular weight excluding hydrogens is 412 g/mol. The van der Waals surface area contributed by atoms with Crippen LogP contribution in [0, 0.1) is 5.92 Å². The van der Waals surface area contributed by atoms with E-state index in [-0.39, 0.29) is 0 Å². The highest BCUT2D eigenvalue weighted by molar-refractivity contribution is 5.58. The maximum Gasteiger partial charge on any atom is 0.542 e. The molecule has 0 heterocycles. The molecule has 0 fully saturated rings. The van der Waals surface area contributed by atoms with E-state index in [0.717, 1.165) is 38.5 Å². The third-order valence-corrected chi connectivity index (χ3v) is 3.54. The van der Waals surface area contributed by atoms with Crippen molar-refractivity contribution in [2.24, 2.45) is 5.92 Å². The third kappa shape index (κ3) is 24.5. The van der Waals surface area contributed by atoms with Gasteiger partial charge in [-0.2, -0.15) is 9.78 Å². The number of hydrogen-bond acceptors (Lipinski definition) is 9. The van der Waals surface area contributed by atoms with E-state index in [4.69, 9.17) is 19.6 Å². The van der Waals surface area contributed by atoms with Crippen LogP contribution in [-0.4, -0.2) is 42.0 Å². The minimum Gasteiger partial charge on any atom is -0.450 e. The lowest BCUT2D eigenvalue weighted by atomic mass is 10.0. The van der Waals surface area contributed by atoms with Crippen LogP contribution in [-0.2, 0) is 34.1 Å². The molecule has 0 rings (SSSR count). The zero-order valence-electron chi connectivity index (χ0n) is 20.4. The van der Waals surface area contributed by atoms with E-state index >= 15 is 0 Å². The van der Waals surface area contributed by atoms with E-state index in [1.54, 1.807) is 20.8 Å². The van der Waals surface area contributed by atoms with Gasteiger partial charge < -0.3 is 14.6 Å². The van der Waals surface area contributed by atoms with Crippen molar-refractivity contribution >= 4 is 12.3 Å². The number of hydrogen-bond donors (Lipinski definition) is 1. The first-order chi connectivity index (χ1) is 14.4. The van der Waals surface area contributed by atoms with Crippen molar-refractivity contribution in [1.29, 1.82) is 0 Å². The predicted molar refractivity (Wildman–Crippen MR) is 113 cm³/mol. The summed E-state index contributed by atoms with van der Waals surface area (Å²) in [7, 11) is 0. The SMILES string of the molecule is CC(C)(C)OOC(C)(C)OC(=O)O.CCCCOOOC(=O)OCC(CC)CCCC. The Morgan fingerprint density at radius 2 is 1.55 bits per heavy atom. The van der Waals surface area contributed by atoms with Crippen LogP contribution in [0.2, 0.25) is 0 Å². The fourth-order valence-electron chi connectivity index (χ4n) is 1.85. The maximum atomic E-state index is 11.1. The smallest absolute Gasteiger partial charge is 0.450 e. The largest absolute Gasteiger partial charge is 0.542 e. The van der Waals surface area contributed by atoms with Crippen LogP contribution in [0.25, 0.3) is 0 Å². The van der Waals surface area contributed by atoms with E-state index in [2.05, 4.69) is 33.4 Å². The number of rotatable bonds is 14. The molecule has 186 valence electrons. The number of unbranched alkanes of at least 4 members (excludes halogenated alkanes) is 2. The van der Waals surface area contributed by atoms with Gasteiger partial charge in [-0.05, 0) is 44.6 Å². The molecule has 10 heteroatoms. The first-order valence-electron chi connectivity index (χ1n) is 10.8. The average Bonchev–Trinajstić information content (AvgIpc) is 2.65. The van der Waals surface area contributed by atoms with Gasteiger partial charge in [-0.1, -0.05) is 46.5 Å². The van der Waals surface area contributed by atoms with Crippen molar-refractivity contribution in [1.82, 2.24) is 0 Å². The molecule has 0 saturated carbocycles. The molecule has 0 aromatic carbocycles. The van der Waals surface area contributed by atoms with Gasteiger partial charge in [0, 0.05) is 13.8 Å². The Hall–Kier alpha value is -1.62. The van der Waals surface area contributed by atoms with Gasteiger partial charge in [-0.3, -0.25) is 0 Å². The molecule has 0 spiro atoms. The first-order valence-corrected chi connectivity index (χ1v) is 10.8. The van der Waals surface area contributed by atoms with E-state index in [1.165, 1.54) is 13.8 Å². The summed E-state index contributed by atoms with van der Waals surface area (Å²) in [4.78, 5) is 39.9. The summed E-state index contributed by atoms with van der Waals surface area (Å²) in [6.45, 7) is 15.3. The highest BCUT2D eigenvalue weighted by Crippen LogP contribution is 2.17. The van der Waals surface area contributed by atoms with Crippen LogP contribution < -0.4 is 0 Å². The summed E-state index contributed by atoms with van der Waals surface area (Å²) >= 11 is 0. The number of carboxylic acid groups (broad SMARTS) is 1. The van der Waals surface area contributed by atoms with Crippen molar-refractivity contribution in [2.45, 2.75) is 105 Å². The zero-order chi connectivity index (χ0) is 24.3. The lowest BCUT2D eigenvalue weighted by molar-refractivity contribution is -0.486. The van der Waals surface area contributed by atoms with Gasteiger partial charge in [0.25, 0.3) is 0 Å². The van der Waals surface area contributed by atoms with Crippen LogP contribution >= 0.6 is 0 Å². The van der Waals surface area contributed by atoms with Crippen molar-refractivity contribution < 1.29 is 48.8 Å². The summed E-state index contributed by atoms with van der Waals surface area (Å²) in [5, 5.41) is 12.6. The van der Waals surface area contributed by atoms with Gasteiger partial charge in [-0.25, -0.2) is 19.4 Å². The monoisotopic (exact) mass is 454 g/mol. The Kier molecular flexibility index (Phi) is 18.3. The molecule has 0 aromatic rings. The highest BCUT2D eigenvalue weighted by atomic mass is 17.5. The molecular formula is C21H42O10. The second-order valence-corrected chi connectivity index (χ2v) is 8.35. The molecule has 1 N–H and O–H groups in total. The molecule has 1 unspecified atom stereocenters. The molecule has 0 bridgehead atoms. The Bertz CT molecular complexity index is 460. The van der Waals surface area contributed by atoms with E-state index in [0.29, 0.717) is 19.1 Å². The van der Waals surface area contributed by atoms with E-state index < -0.39 is 23.7 Å². The Balaban J connectivity index is 0. The quantitative estimate of drug-likeness (QED) is 0.107. The van der Waals surface area contributed by atoms with Gasteiger partial charge in [0.15, 0.2) is 0 Å². The topological polar surface area (TPSA) is 119 Å². The van der Waals surface area contributed by atoms with E-state index in [1.807, 2.05) is 6.92 Å². The fraction of sp³-hybridized carbons (Fsp3) is 0.905. The van der Waals surface area contributed by atoms with Crippen LogP contribution in [0.15, 0.2) is 0 Å². The van der Waals surface area contributed by atoms with Crippen LogP contribution in [0.1, 0.15) is 93.9 Å². The highest BCUT2D eigenvalue weighted by Gasteiger charge is 2.27. The van der Waals surface area contributed by atoms with Crippen LogP contribution in [0.4, 0.5) is 9.59 Å². The van der Waals surface area contributed by atoms with Gasteiger partial charge in [-0.15, -0.1) is 0 Å². The van der Waals surface area contributed by atoms with Gasteiger partial charge in [0.1, 0.15) is 0 Å². The molecule has 31 heavy (non-hydrogen) atoms. The van der Waals surface area contributed by atoms with Crippen molar-refractivity contribution in [2.75, 3.05) is 13.2 Å². The molecule has 0 aliphatic rings. The van der Waals surface area contributed by atoms with E-state index in [9.17, 15) is 9.59 Å². The third-order valence-electron chi connectivity index (χ3n) is 3.54. The molecule has 0 aliphatic carbocycles. The van der Waals surface area contributed by atoms with Gasteiger partial charge in [0.05, 0.1) is 18.8 Å². The predicted octanol–water partition coefficient (Wildman–Crippen LogP) is 6.18. The lowest BCUT2D eigenvalue weighted by Crippen LogP contribution is -2.34. The van der Waals surface area contributed by atoms with Crippen molar-refractivity contribution in [3.63, 3.8) is 0 Å². The average molecular weight is 455 g/mol. The molecule has 0 amide bonds. The molecule has 10 nitrogen and oxygen atoms in total. The maximum absolute atomic E-state index is 11.1. The Morgan fingerprint density at radius 1 is 0.935 bits per heavy atom. The lowest BCUT2D eigenvalue weighted by Gasteiger charge is -2.26. The minimum absolute atomic E-state index is 0.369. The van der Waals surface area contributed by atoms with Gasteiger partial charge >= 0.3 is 12.3 Å². The summed E-state index contributed by atoms with van der Waals surface area (Å²) in [5.41, 5.74) is -0.501. The van der Waals surface area contributed by atoms with Crippen LogP contribution in [0.3, 0.4) is 0 Å². The Labute approximate surface area is 186 Å². The van der Waals surface area contributed by atoms with Crippen LogP contribution in [0.5, 0.6) is 0 Å².